The summed E-state index contributed by atoms with van der Waals surface area (Å²) >= 11 is 0. The van der Waals surface area contributed by atoms with Gasteiger partial charge < -0.3 is 14.9 Å². The summed E-state index contributed by atoms with van der Waals surface area (Å²) in [5, 5.41) is 9.83. The van der Waals surface area contributed by atoms with Crippen molar-refractivity contribution in [1.82, 2.24) is 9.80 Å². The molecule has 0 saturated carbocycles. The van der Waals surface area contributed by atoms with Crippen LogP contribution < -0.4 is 0 Å². The van der Waals surface area contributed by atoms with Gasteiger partial charge in [0.05, 0.1) is 5.60 Å². The van der Waals surface area contributed by atoms with Gasteiger partial charge in [0.15, 0.2) is 0 Å². The number of rotatable bonds is 6. The molecule has 2 rings (SSSR count). The first kappa shape index (κ1) is 20.4. The van der Waals surface area contributed by atoms with Crippen LogP contribution in [0.25, 0.3) is 0 Å². The minimum absolute atomic E-state index is 0.0279. The van der Waals surface area contributed by atoms with Gasteiger partial charge in [0, 0.05) is 25.2 Å². The Labute approximate surface area is 157 Å². The Kier molecular flexibility index (Phi) is 6.45. The molecule has 2 amide bonds. The molecule has 0 unspecified atom stereocenters. The van der Waals surface area contributed by atoms with Crippen molar-refractivity contribution in [2.75, 3.05) is 19.6 Å². The summed E-state index contributed by atoms with van der Waals surface area (Å²) in [6.07, 6.45) is 1.43. The highest BCUT2D eigenvalue weighted by Crippen LogP contribution is 2.18. The van der Waals surface area contributed by atoms with Crippen LogP contribution in [0.3, 0.4) is 0 Å². The lowest BCUT2D eigenvalue weighted by Crippen LogP contribution is -2.58. The summed E-state index contributed by atoms with van der Waals surface area (Å²) in [5.41, 5.74) is 1.00. The molecule has 144 valence electrons. The van der Waals surface area contributed by atoms with Crippen molar-refractivity contribution in [3.63, 3.8) is 0 Å². The van der Waals surface area contributed by atoms with Gasteiger partial charge in [0.2, 0.25) is 5.91 Å². The predicted octanol–water partition coefficient (Wildman–Crippen LogP) is 2.72. The summed E-state index contributed by atoms with van der Waals surface area (Å²) in [6.45, 7) is 11.5. The molecule has 0 bridgehead atoms. The zero-order chi connectivity index (χ0) is 19.5. The third-order valence-electron chi connectivity index (χ3n) is 4.82. The van der Waals surface area contributed by atoms with E-state index >= 15 is 0 Å². The molecule has 0 spiro atoms. The van der Waals surface area contributed by atoms with Crippen molar-refractivity contribution in [2.45, 2.75) is 59.1 Å². The molecule has 1 aliphatic heterocycles. The molecule has 1 N–H and O–H groups in total. The van der Waals surface area contributed by atoms with Crippen LogP contribution in [0.15, 0.2) is 24.3 Å². The number of piperazine rings is 1. The lowest BCUT2D eigenvalue weighted by atomic mass is 9.98. The number of carbonyl (C=O) groups is 2. The molecule has 1 fully saturated rings. The maximum absolute atomic E-state index is 12.8. The van der Waals surface area contributed by atoms with Crippen LogP contribution >= 0.6 is 0 Å². The predicted molar refractivity (Wildman–Crippen MR) is 103 cm³/mol. The van der Waals surface area contributed by atoms with Crippen LogP contribution in [-0.4, -0.2) is 58.0 Å². The second kappa shape index (κ2) is 8.21. The van der Waals surface area contributed by atoms with Gasteiger partial charge in [-0.25, -0.2) is 0 Å². The quantitative estimate of drug-likeness (QED) is 0.848. The lowest BCUT2D eigenvalue weighted by Gasteiger charge is -2.39. The highest BCUT2D eigenvalue weighted by atomic mass is 16.3. The van der Waals surface area contributed by atoms with E-state index in [1.807, 2.05) is 36.1 Å². The van der Waals surface area contributed by atoms with Crippen LogP contribution in [0, 0.1) is 5.92 Å². The normalized spacial score (nSPS) is 18.6. The molecule has 0 radical (unpaired) electrons. The second-order valence-electron chi connectivity index (χ2n) is 8.36. The molecule has 5 nitrogen and oxygen atoms in total. The third kappa shape index (κ3) is 5.31. The van der Waals surface area contributed by atoms with Crippen LogP contribution in [0.1, 0.15) is 57.0 Å². The van der Waals surface area contributed by atoms with Gasteiger partial charge in [-0.2, -0.15) is 0 Å². The fourth-order valence-electron chi connectivity index (χ4n) is 3.26. The number of carbonyl (C=O) groups excluding carboxylic acids is 2. The lowest BCUT2D eigenvalue weighted by molar-refractivity contribution is -0.140. The van der Waals surface area contributed by atoms with E-state index in [0.29, 0.717) is 31.0 Å². The van der Waals surface area contributed by atoms with Crippen molar-refractivity contribution >= 4 is 11.8 Å². The van der Waals surface area contributed by atoms with Crippen molar-refractivity contribution in [3.8, 4) is 0 Å². The Morgan fingerprint density at radius 3 is 2.38 bits per heavy atom. The summed E-state index contributed by atoms with van der Waals surface area (Å²) in [7, 11) is 0. The molecule has 1 saturated heterocycles. The average molecular weight is 360 g/mol. The second-order valence-corrected chi connectivity index (χ2v) is 8.36. The zero-order valence-corrected chi connectivity index (χ0v) is 16.7. The summed E-state index contributed by atoms with van der Waals surface area (Å²) in [5.74, 6) is 0.356. The van der Waals surface area contributed by atoms with Crippen molar-refractivity contribution in [3.05, 3.63) is 35.4 Å². The van der Waals surface area contributed by atoms with E-state index in [4.69, 9.17) is 0 Å². The molecule has 1 heterocycles. The number of aliphatic hydroxyl groups is 1. The van der Waals surface area contributed by atoms with Crippen LogP contribution in [0.5, 0.6) is 0 Å². The maximum Gasteiger partial charge on any atom is 0.254 e. The van der Waals surface area contributed by atoms with E-state index in [9.17, 15) is 14.7 Å². The molecule has 0 aromatic heterocycles. The molecule has 26 heavy (non-hydrogen) atoms. The van der Waals surface area contributed by atoms with Crippen molar-refractivity contribution < 1.29 is 14.7 Å². The SMILES string of the molecule is CC(C)CN1CCN(C(=O)c2ccc(CCC(C)(C)O)cc2)[C@H](C)C1=O. The molecule has 1 aliphatic rings. The first-order valence-corrected chi connectivity index (χ1v) is 9.49. The molecule has 5 heteroatoms. The average Bonchev–Trinajstić information content (AvgIpc) is 2.56. The van der Waals surface area contributed by atoms with Gasteiger partial charge in [-0.1, -0.05) is 26.0 Å². The van der Waals surface area contributed by atoms with Gasteiger partial charge in [0.25, 0.3) is 5.91 Å². The molecular weight excluding hydrogens is 328 g/mol. The van der Waals surface area contributed by atoms with Crippen molar-refractivity contribution in [1.29, 1.82) is 0 Å². The van der Waals surface area contributed by atoms with E-state index < -0.39 is 11.6 Å². The highest BCUT2D eigenvalue weighted by Gasteiger charge is 2.34. The first-order chi connectivity index (χ1) is 12.1. The number of nitrogens with zero attached hydrogens (tertiary/aromatic N) is 2. The van der Waals surface area contributed by atoms with E-state index in [1.54, 1.807) is 18.7 Å². The Morgan fingerprint density at radius 1 is 1.23 bits per heavy atom. The van der Waals surface area contributed by atoms with E-state index in [-0.39, 0.29) is 11.8 Å². The number of amides is 2. The Morgan fingerprint density at radius 2 is 1.85 bits per heavy atom. The highest BCUT2D eigenvalue weighted by molar-refractivity contribution is 5.98. The van der Waals surface area contributed by atoms with Crippen LogP contribution in [0.4, 0.5) is 0 Å². The molecular formula is C21H32N2O3. The van der Waals surface area contributed by atoms with Crippen LogP contribution in [0.2, 0.25) is 0 Å². The molecule has 1 atom stereocenters. The Hall–Kier alpha value is -1.88. The standard InChI is InChI=1S/C21H32N2O3/c1-15(2)14-22-12-13-23(16(3)19(22)24)20(25)18-8-6-17(7-9-18)10-11-21(4,5)26/h6-9,15-16,26H,10-14H2,1-5H3/t16-/m1/s1. The molecule has 0 aliphatic carbocycles. The summed E-state index contributed by atoms with van der Waals surface area (Å²) in [4.78, 5) is 28.9. The van der Waals surface area contributed by atoms with E-state index in [2.05, 4.69) is 13.8 Å². The van der Waals surface area contributed by atoms with Gasteiger partial charge in [-0.3, -0.25) is 9.59 Å². The third-order valence-corrected chi connectivity index (χ3v) is 4.82. The van der Waals surface area contributed by atoms with Crippen LogP contribution in [-0.2, 0) is 11.2 Å². The zero-order valence-electron chi connectivity index (χ0n) is 16.7. The fraction of sp³-hybridized carbons (Fsp3) is 0.619. The Balaban J connectivity index is 2.01. The van der Waals surface area contributed by atoms with Gasteiger partial charge >= 0.3 is 0 Å². The first-order valence-electron chi connectivity index (χ1n) is 9.49. The van der Waals surface area contributed by atoms with Gasteiger partial charge in [0.1, 0.15) is 6.04 Å². The van der Waals surface area contributed by atoms with E-state index in [1.165, 1.54) is 0 Å². The Bertz CT molecular complexity index is 632. The van der Waals surface area contributed by atoms with Gasteiger partial charge in [-0.15, -0.1) is 0 Å². The van der Waals surface area contributed by atoms with Gasteiger partial charge in [-0.05, 0) is 57.2 Å². The maximum atomic E-state index is 12.8. The molecule has 1 aromatic carbocycles. The largest absolute Gasteiger partial charge is 0.390 e. The monoisotopic (exact) mass is 360 g/mol. The number of benzene rings is 1. The minimum Gasteiger partial charge on any atom is -0.390 e. The van der Waals surface area contributed by atoms with E-state index in [0.717, 1.165) is 18.5 Å². The number of hydrogen-bond acceptors (Lipinski definition) is 3. The summed E-state index contributed by atoms with van der Waals surface area (Å²) in [6, 6.07) is 7.07. The topological polar surface area (TPSA) is 60.9 Å². The molecule has 1 aromatic rings. The van der Waals surface area contributed by atoms with Crippen molar-refractivity contribution in [2.24, 2.45) is 5.92 Å². The minimum atomic E-state index is -0.694. The summed E-state index contributed by atoms with van der Waals surface area (Å²) < 4.78 is 0. The number of hydrogen-bond donors (Lipinski definition) is 1. The fourth-order valence-corrected chi connectivity index (χ4v) is 3.26. The number of aryl methyl sites for hydroxylation is 1. The smallest absolute Gasteiger partial charge is 0.254 e.